The molecule has 6 bridgehead atoms. The molecule has 3 atom stereocenters. The van der Waals surface area contributed by atoms with Crippen molar-refractivity contribution in [1.29, 1.82) is 0 Å². The average Bonchev–Trinajstić information content (AvgIpc) is 3.72. The Morgan fingerprint density at radius 3 is 2.98 bits per heavy atom. The molecule has 5 aliphatic heterocycles. The van der Waals surface area contributed by atoms with E-state index in [9.17, 15) is 9.18 Å². The van der Waals surface area contributed by atoms with E-state index < -0.39 is 17.5 Å². The summed E-state index contributed by atoms with van der Waals surface area (Å²) in [5.41, 5.74) is 3.24. The third kappa shape index (κ3) is 4.97. The summed E-state index contributed by atoms with van der Waals surface area (Å²) in [6.07, 6.45) is 7.94. The van der Waals surface area contributed by atoms with E-state index in [0.29, 0.717) is 62.1 Å². The van der Waals surface area contributed by atoms with Crippen molar-refractivity contribution in [2.24, 2.45) is 5.92 Å². The van der Waals surface area contributed by atoms with Gasteiger partial charge < -0.3 is 14.4 Å². The topological polar surface area (TPSA) is 109 Å². The van der Waals surface area contributed by atoms with Crippen LogP contribution < -0.4 is 9.64 Å². The number of anilines is 1. The number of nitrogens with zero attached hydrogens (tertiary/aromatic N) is 6. The first-order chi connectivity index (χ1) is 21.9. The maximum Gasteiger partial charge on any atom is 0.319 e. The van der Waals surface area contributed by atoms with E-state index in [-0.39, 0.29) is 42.3 Å². The average molecular weight is 618 g/mol. The fourth-order valence-corrected chi connectivity index (χ4v) is 8.16. The Labute approximate surface area is 259 Å². The number of hydrogen-bond acceptors (Lipinski definition) is 9. The summed E-state index contributed by atoms with van der Waals surface area (Å²) >= 11 is 0. The Hall–Kier alpha value is -3.93. The number of carbonyl (C=O) groups excluding carboxylic acids is 1. The summed E-state index contributed by atoms with van der Waals surface area (Å²) in [6.45, 7) is 5.04. The van der Waals surface area contributed by atoms with Gasteiger partial charge in [-0.25, -0.2) is 8.78 Å². The zero-order valence-corrected chi connectivity index (χ0v) is 25.5. The van der Waals surface area contributed by atoms with Crippen LogP contribution >= 0.6 is 0 Å². The number of rotatable bonds is 3. The molecule has 3 aromatic heterocycles. The van der Waals surface area contributed by atoms with Crippen molar-refractivity contribution in [3.05, 3.63) is 35.4 Å². The van der Waals surface area contributed by atoms with Gasteiger partial charge in [0.25, 0.3) is 0 Å². The lowest BCUT2D eigenvalue weighted by Crippen LogP contribution is -2.43. The highest BCUT2D eigenvalue weighted by Gasteiger charge is 2.49. The van der Waals surface area contributed by atoms with Crippen molar-refractivity contribution < 1.29 is 23.0 Å². The molecule has 3 fully saturated rings. The number of halogens is 2. The van der Waals surface area contributed by atoms with Gasteiger partial charge in [-0.05, 0) is 75.1 Å². The molecule has 4 aromatic rings. The van der Waals surface area contributed by atoms with Crippen LogP contribution in [0.4, 0.5) is 14.6 Å². The molecule has 10 nitrogen and oxygen atoms in total. The molecule has 5 aliphatic rings. The number of esters is 1. The molecular formula is C33H37F2N7O3. The molecule has 12 heteroatoms. The fourth-order valence-electron chi connectivity index (χ4n) is 8.16. The van der Waals surface area contributed by atoms with Gasteiger partial charge in [-0.2, -0.15) is 15.1 Å². The quantitative estimate of drug-likeness (QED) is 0.315. The molecule has 9 rings (SSSR count). The first kappa shape index (κ1) is 28.5. The molecule has 0 radical (unpaired) electrons. The Bertz CT molecular complexity index is 1800. The van der Waals surface area contributed by atoms with Gasteiger partial charge in [-0.1, -0.05) is 0 Å². The van der Waals surface area contributed by atoms with Gasteiger partial charge in [0.05, 0.1) is 35.7 Å². The van der Waals surface area contributed by atoms with Crippen LogP contribution in [0.2, 0.25) is 0 Å². The number of nitrogens with one attached hydrogen (secondary N) is 1. The molecule has 8 heterocycles. The second-order valence-electron chi connectivity index (χ2n) is 13.2. The van der Waals surface area contributed by atoms with E-state index >= 15 is 4.39 Å². The second kappa shape index (κ2) is 11.1. The van der Waals surface area contributed by atoms with Crippen molar-refractivity contribution in [1.82, 2.24) is 30.0 Å². The van der Waals surface area contributed by atoms with Gasteiger partial charge in [-0.15, -0.1) is 0 Å². The number of hydrogen-bond donors (Lipinski definition) is 1. The zero-order valence-electron chi connectivity index (χ0n) is 25.5. The summed E-state index contributed by atoms with van der Waals surface area (Å²) < 4.78 is 43.4. The molecule has 236 valence electrons. The van der Waals surface area contributed by atoms with Gasteiger partial charge in [0.2, 0.25) is 0 Å². The van der Waals surface area contributed by atoms with Crippen LogP contribution in [0.15, 0.2) is 18.5 Å². The van der Waals surface area contributed by atoms with Gasteiger partial charge in [0.1, 0.15) is 29.8 Å². The molecule has 45 heavy (non-hydrogen) atoms. The van der Waals surface area contributed by atoms with Crippen LogP contribution in [0, 0.1) is 18.7 Å². The highest BCUT2D eigenvalue weighted by atomic mass is 19.1. The van der Waals surface area contributed by atoms with E-state index in [2.05, 4.69) is 25.0 Å². The molecule has 0 aliphatic carbocycles. The van der Waals surface area contributed by atoms with E-state index in [1.54, 1.807) is 12.4 Å². The van der Waals surface area contributed by atoms with Crippen molar-refractivity contribution in [3.8, 4) is 17.3 Å². The lowest BCUT2D eigenvalue weighted by atomic mass is 9.91. The number of alkyl halides is 1. The highest BCUT2D eigenvalue weighted by molar-refractivity contribution is 5.99. The molecule has 0 amide bonds. The third-order valence-corrected chi connectivity index (χ3v) is 10.3. The number of H-pyrrole nitrogens is 1. The monoisotopic (exact) mass is 617 g/mol. The minimum atomic E-state index is -0.889. The Morgan fingerprint density at radius 1 is 1.16 bits per heavy atom. The van der Waals surface area contributed by atoms with Crippen molar-refractivity contribution in [2.75, 3.05) is 44.3 Å². The Morgan fingerprint density at radius 2 is 2.07 bits per heavy atom. The number of fused-ring (bicyclic) bond motifs is 8. The van der Waals surface area contributed by atoms with Crippen LogP contribution in [0.5, 0.6) is 6.01 Å². The van der Waals surface area contributed by atoms with E-state index in [4.69, 9.17) is 19.4 Å². The molecular weight excluding hydrogens is 580 g/mol. The van der Waals surface area contributed by atoms with Crippen molar-refractivity contribution in [3.63, 3.8) is 0 Å². The number of aromatic nitrogens is 5. The molecule has 1 aromatic carbocycles. The number of pyridine rings is 1. The molecule has 1 unspecified atom stereocenters. The van der Waals surface area contributed by atoms with Gasteiger partial charge in [0, 0.05) is 43.2 Å². The number of benzene rings is 1. The van der Waals surface area contributed by atoms with Crippen molar-refractivity contribution in [2.45, 2.75) is 70.0 Å². The minimum Gasteiger partial charge on any atom is -0.466 e. The van der Waals surface area contributed by atoms with Crippen LogP contribution in [-0.4, -0.2) is 87.1 Å². The minimum absolute atomic E-state index is 0.0673. The van der Waals surface area contributed by atoms with E-state index in [1.807, 2.05) is 13.0 Å². The molecule has 3 saturated heterocycles. The molecule has 0 spiro atoms. The number of aromatic amines is 1. The number of carbonyl (C=O) groups is 1. The predicted octanol–water partition coefficient (Wildman–Crippen LogP) is 5.07. The summed E-state index contributed by atoms with van der Waals surface area (Å²) in [4.78, 5) is 31.3. The number of ether oxygens (including phenoxy) is 2. The summed E-state index contributed by atoms with van der Waals surface area (Å²) in [6, 6.07) is 2.07. The fraction of sp³-hybridized carbons (Fsp3) is 0.545. The van der Waals surface area contributed by atoms with E-state index in [0.717, 1.165) is 54.3 Å². The Balaban J connectivity index is 1.29. The smallest absolute Gasteiger partial charge is 0.319 e. The first-order valence-electron chi connectivity index (χ1n) is 16.1. The van der Waals surface area contributed by atoms with Gasteiger partial charge >= 0.3 is 12.0 Å². The summed E-state index contributed by atoms with van der Waals surface area (Å²) in [5, 5.41) is 8.50. The third-order valence-electron chi connectivity index (χ3n) is 10.3. The van der Waals surface area contributed by atoms with Crippen LogP contribution in [0.1, 0.15) is 56.1 Å². The lowest BCUT2D eigenvalue weighted by molar-refractivity contribution is -0.144. The highest BCUT2D eigenvalue weighted by Crippen LogP contribution is 2.42. The Kier molecular flexibility index (Phi) is 7.07. The lowest BCUT2D eigenvalue weighted by Gasteiger charge is -2.34. The molecule has 1 N–H and O–H groups in total. The van der Waals surface area contributed by atoms with Crippen LogP contribution in [0.3, 0.4) is 0 Å². The van der Waals surface area contributed by atoms with Crippen LogP contribution in [0.25, 0.3) is 33.1 Å². The van der Waals surface area contributed by atoms with Crippen LogP contribution in [-0.2, 0) is 16.0 Å². The number of aryl methyl sites for hydroxylation is 1. The molecule has 0 saturated carbocycles. The second-order valence-corrected chi connectivity index (χ2v) is 13.2. The summed E-state index contributed by atoms with van der Waals surface area (Å²) in [7, 11) is 0. The van der Waals surface area contributed by atoms with Crippen molar-refractivity contribution >= 4 is 33.6 Å². The number of piperidine rings is 1. The zero-order chi connectivity index (χ0) is 30.7. The van der Waals surface area contributed by atoms with Gasteiger partial charge in [0.15, 0.2) is 5.82 Å². The largest absolute Gasteiger partial charge is 0.466 e. The first-order valence-corrected chi connectivity index (χ1v) is 16.1. The van der Waals surface area contributed by atoms with E-state index in [1.165, 1.54) is 0 Å². The normalized spacial score (nSPS) is 25.7. The maximum atomic E-state index is 17.0. The van der Waals surface area contributed by atoms with Gasteiger partial charge in [-0.3, -0.25) is 19.8 Å². The summed E-state index contributed by atoms with van der Waals surface area (Å²) in [5.74, 6) is -0.138. The maximum absolute atomic E-state index is 17.0. The SMILES string of the molecule is Cc1cc2[nH]ncc2c2c1CCCOC(=O)CC1CCCN(C1)c1nc(OC[C@@]34CCCN3C[C@H](F)C4)nc3c(F)c-2ncc13. The predicted molar refractivity (Wildman–Crippen MR) is 164 cm³/mol. The standard InChI is InChI=1S/C33H37F2N7O3/c1-19-11-25-23(15-37-40-25)27-22(19)6-3-10-44-26(43)12-20-5-2-8-41(16-20)31-24-14-36-30(27)28(35)29(24)38-32(39-31)45-18-33-7-4-9-42(33)17-21(34)13-33/h11,14-15,20-21H,2-10,12-13,16-18H2,1H3,(H,37,40)/t20?,21-,33+/m1/s1.